The van der Waals surface area contributed by atoms with Crippen molar-refractivity contribution in [2.75, 3.05) is 34.9 Å². The van der Waals surface area contributed by atoms with Gasteiger partial charge in [0.15, 0.2) is 17.2 Å². The first-order valence-corrected chi connectivity index (χ1v) is 13.8. The average molecular weight is 543 g/mol. The SMILES string of the molecule is CS(=O)(=O)N[C@@H]1CCN(c2cc(C#N)cc(Nc3nc(NC4CC4)c4ncc(C#N)n4n3)c2Cl)C[C@H]1O. The van der Waals surface area contributed by atoms with Crippen LogP contribution in [0.25, 0.3) is 5.65 Å². The van der Waals surface area contributed by atoms with Crippen LogP contribution < -0.4 is 20.3 Å². The minimum absolute atomic E-state index is 0.111. The predicted molar refractivity (Wildman–Crippen MR) is 136 cm³/mol. The minimum atomic E-state index is -3.48. The maximum atomic E-state index is 11.6. The molecule has 2 aliphatic rings. The van der Waals surface area contributed by atoms with E-state index in [4.69, 9.17) is 11.6 Å². The Morgan fingerprint density at radius 2 is 2.00 bits per heavy atom. The molecule has 1 aliphatic carbocycles. The summed E-state index contributed by atoms with van der Waals surface area (Å²) < 4.78 is 27.0. The maximum Gasteiger partial charge on any atom is 0.247 e. The monoisotopic (exact) mass is 542 g/mol. The van der Waals surface area contributed by atoms with Crippen molar-refractivity contribution in [1.29, 1.82) is 10.5 Å². The van der Waals surface area contributed by atoms with Gasteiger partial charge in [0.25, 0.3) is 0 Å². The van der Waals surface area contributed by atoms with E-state index in [0.29, 0.717) is 41.4 Å². The van der Waals surface area contributed by atoms with Crippen LogP contribution in [0.3, 0.4) is 0 Å². The Balaban J connectivity index is 1.47. The number of halogens is 1. The second kappa shape index (κ2) is 9.64. The van der Waals surface area contributed by atoms with Gasteiger partial charge in [-0.15, -0.1) is 5.10 Å². The number of sulfonamides is 1. The van der Waals surface area contributed by atoms with Gasteiger partial charge < -0.3 is 20.6 Å². The molecule has 3 heterocycles. The number of hydrogen-bond donors (Lipinski definition) is 4. The number of rotatable bonds is 7. The topological polar surface area (TPSA) is 184 Å². The van der Waals surface area contributed by atoms with Crippen molar-refractivity contribution >= 4 is 50.4 Å². The Morgan fingerprint density at radius 1 is 1.22 bits per heavy atom. The zero-order valence-electron chi connectivity index (χ0n) is 19.7. The largest absolute Gasteiger partial charge is 0.390 e. The minimum Gasteiger partial charge on any atom is -0.390 e. The van der Waals surface area contributed by atoms with Crippen LogP contribution in [0.5, 0.6) is 0 Å². The number of aliphatic hydroxyl groups is 1. The molecule has 37 heavy (non-hydrogen) atoms. The molecule has 0 spiro atoms. The van der Waals surface area contributed by atoms with Crippen LogP contribution in [0.1, 0.15) is 30.5 Å². The van der Waals surface area contributed by atoms with E-state index < -0.39 is 22.2 Å². The number of hydrogen-bond acceptors (Lipinski definition) is 11. The standard InChI is InChI=1S/C22H23ClN10O3S/c1-37(35,36)31-15-4-5-32(11-18(15)34)17-7-12(8-24)6-16(19(17)23)28-22-29-20(27-13-2-3-13)21-26-10-14(9-25)33(21)30-22/h6-7,10,13,15,18,31,34H,2-5,11H2,1H3,(H2,27,28,29,30)/t15-,18-/m1/s1. The number of nitrogens with one attached hydrogen (secondary N) is 3. The molecule has 15 heteroatoms. The van der Waals surface area contributed by atoms with Crippen LogP contribution in [-0.2, 0) is 10.0 Å². The Hall–Kier alpha value is -3.69. The van der Waals surface area contributed by atoms with Gasteiger partial charge in [0.1, 0.15) is 6.07 Å². The molecule has 4 N–H and O–H groups in total. The molecule has 1 saturated heterocycles. The third-order valence-electron chi connectivity index (χ3n) is 6.11. The Kier molecular flexibility index (Phi) is 6.51. The first-order chi connectivity index (χ1) is 17.6. The Morgan fingerprint density at radius 3 is 2.65 bits per heavy atom. The second-order valence-corrected chi connectivity index (χ2v) is 11.2. The van der Waals surface area contributed by atoms with Crippen molar-refractivity contribution < 1.29 is 13.5 Å². The quantitative estimate of drug-likeness (QED) is 0.337. The molecule has 1 saturated carbocycles. The molecule has 2 aromatic heterocycles. The lowest BCUT2D eigenvalue weighted by Gasteiger charge is -2.37. The summed E-state index contributed by atoms with van der Waals surface area (Å²) in [6.07, 6.45) is 3.84. The highest BCUT2D eigenvalue weighted by atomic mass is 35.5. The first kappa shape index (κ1) is 25.0. The lowest BCUT2D eigenvalue weighted by atomic mass is 10.0. The number of aromatic nitrogens is 4. The lowest BCUT2D eigenvalue weighted by molar-refractivity contribution is 0.124. The molecular weight excluding hydrogens is 520 g/mol. The highest BCUT2D eigenvalue weighted by Gasteiger charge is 2.31. The van der Waals surface area contributed by atoms with E-state index in [1.165, 1.54) is 10.7 Å². The van der Waals surface area contributed by atoms with Crippen LogP contribution in [-0.4, -0.2) is 70.6 Å². The summed E-state index contributed by atoms with van der Waals surface area (Å²) in [6.45, 7) is 0.510. The van der Waals surface area contributed by atoms with E-state index in [-0.39, 0.29) is 29.3 Å². The van der Waals surface area contributed by atoms with Gasteiger partial charge in [-0.05, 0) is 31.4 Å². The van der Waals surface area contributed by atoms with Gasteiger partial charge in [-0.3, -0.25) is 0 Å². The van der Waals surface area contributed by atoms with Gasteiger partial charge in [0, 0.05) is 19.1 Å². The maximum absolute atomic E-state index is 11.6. The van der Waals surface area contributed by atoms with E-state index in [9.17, 15) is 24.0 Å². The van der Waals surface area contributed by atoms with Gasteiger partial charge >= 0.3 is 0 Å². The van der Waals surface area contributed by atoms with Crippen LogP contribution in [0, 0.1) is 22.7 Å². The summed E-state index contributed by atoms with van der Waals surface area (Å²) in [6, 6.07) is 6.98. The first-order valence-electron chi connectivity index (χ1n) is 11.5. The second-order valence-electron chi connectivity index (χ2n) is 9.09. The van der Waals surface area contributed by atoms with Crippen molar-refractivity contribution in [2.24, 2.45) is 0 Å². The molecule has 0 bridgehead atoms. The predicted octanol–water partition coefficient (Wildman–Crippen LogP) is 1.33. The van der Waals surface area contributed by atoms with Gasteiger partial charge in [0.05, 0.1) is 52.6 Å². The number of aliphatic hydroxyl groups excluding tert-OH is 1. The van der Waals surface area contributed by atoms with Crippen molar-refractivity contribution in [2.45, 2.75) is 37.5 Å². The number of piperidine rings is 1. The van der Waals surface area contributed by atoms with Crippen LogP contribution in [0.4, 0.5) is 23.1 Å². The summed E-state index contributed by atoms with van der Waals surface area (Å²) in [5.74, 6) is 0.613. The average Bonchev–Trinajstić information content (AvgIpc) is 3.57. The molecular formula is C22H23ClN10O3S. The fourth-order valence-corrected chi connectivity index (χ4v) is 5.31. The smallest absolute Gasteiger partial charge is 0.247 e. The molecule has 2 fully saturated rings. The number of β-amino-alcohol motifs (C(OH)–C–C–N with tert-alkyl or cyclic N) is 1. The number of benzene rings is 1. The normalized spacial score (nSPS) is 19.9. The molecule has 13 nitrogen and oxygen atoms in total. The molecule has 3 aromatic rings. The molecule has 2 atom stereocenters. The van der Waals surface area contributed by atoms with Crippen molar-refractivity contribution in [3.8, 4) is 12.1 Å². The number of nitriles is 2. The number of fused-ring (bicyclic) bond motifs is 1. The van der Waals surface area contributed by atoms with E-state index in [0.717, 1.165) is 19.1 Å². The third-order valence-corrected chi connectivity index (χ3v) is 7.24. The Bertz CT molecular complexity index is 1560. The van der Waals surface area contributed by atoms with Crippen molar-refractivity contribution in [3.63, 3.8) is 0 Å². The molecule has 192 valence electrons. The third kappa shape index (κ3) is 5.38. The summed E-state index contributed by atoms with van der Waals surface area (Å²) in [5.41, 5.74) is 1.82. The molecule has 0 radical (unpaired) electrons. The summed E-state index contributed by atoms with van der Waals surface area (Å²) >= 11 is 6.75. The van der Waals surface area contributed by atoms with Crippen LogP contribution >= 0.6 is 11.6 Å². The van der Waals surface area contributed by atoms with E-state index in [1.807, 2.05) is 0 Å². The zero-order chi connectivity index (χ0) is 26.3. The summed E-state index contributed by atoms with van der Waals surface area (Å²) in [4.78, 5) is 10.6. The summed E-state index contributed by atoms with van der Waals surface area (Å²) in [7, 11) is -3.48. The van der Waals surface area contributed by atoms with Gasteiger partial charge in [-0.2, -0.15) is 20.0 Å². The van der Waals surface area contributed by atoms with Crippen molar-refractivity contribution in [3.05, 3.63) is 34.6 Å². The number of anilines is 4. The van der Waals surface area contributed by atoms with Crippen LogP contribution in [0.15, 0.2) is 18.3 Å². The van der Waals surface area contributed by atoms with Gasteiger partial charge in [0.2, 0.25) is 16.0 Å². The van der Waals surface area contributed by atoms with Gasteiger partial charge in [-0.25, -0.2) is 18.1 Å². The number of imidazole rings is 1. The number of nitrogens with zero attached hydrogens (tertiary/aromatic N) is 7. The molecule has 0 amide bonds. The molecule has 0 unspecified atom stereocenters. The molecule has 1 aromatic carbocycles. The highest BCUT2D eigenvalue weighted by molar-refractivity contribution is 7.88. The molecule has 1 aliphatic heterocycles. The van der Waals surface area contributed by atoms with Gasteiger partial charge in [-0.1, -0.05) is 11.6 Å². The van der Waals surface area contributed by atoms with E-state index in [2.05, 4.69) is 42.6 Å². The zero-order valence-corrected chi connectivity index (χ0v) is 21.3. The Labute approximate surface area is 217 Å². The van der Waals surface area contributed by atoms with E-state index in [1.54, 1.807) is 17.0 Å². The fourth-order valence-electron chi connectivity index (χ4n) is 4.21. The summed E-state index contributed by atoms with van der Waals surface area (Å²) in [5, 5.41) is 40.7. The van der Waals surface area contributed by atoms with E-state index >= 15 is 0 Å². The molecule has 5 rings (SSSR count). The fraction of sp³-hybridized carbons (Fsp3) is 0.409. The lowest BCUT2D eigenvalue weighted by Crippen LogP contribution is -2.54. The van der Waals surface area contributed by atoms with Crippen LogP contribution in [0.2, 0.25) is 5.02 Å². The highest BCUT2D eigenvalue weighted by Crippen LogP contribution is 2.37. The van der Waals surface area contributed by atoms with Crippen molar-refractivity contribution in [1.82, 2.24) is 24.3 Å².